The molecule has 0 aliphatic heterocycles. The summed E-state index contributed by atoms with van der Waals surface area (Å²) in [6.45, 7) is 0.489. The maximum Gasteiger partial charge on any atom is 0.417 e. The molecule has 0 spiro atoms. The monoisotopic (exact) mass is 568 g/mol. The van der Waals surface area contributed by atoms with Gasteiger partial charge < -0.3 is 19.1 Å². The van der Waals surface area contributed by atoms with E-state index in [4.69, 9.17) is 14.0 Å². The minimum Gasteiger partial charge on any atom is -0.492 e. The van der Waals surface area contributed by atoms with E-state index < -0.39 is 17.7 Å². The van der Waals surface area contributed by atoms with Crippen LogP contribution in [0.5, 0.6) is 11.5 Å². The molecule has 0 amide bonds. The van der Waals surface area contributed by atoms with Crippen LogP contribution in [0.4, 0.5) is 13.2 Å². The first kappa shape index (κ1) is 27.4. The summed E-state index contributed by atoms with van der Waals surface area (Å²) < 4.78 is 58.5. The van der Waals surface area contributed by atoms with Gasteiger partial charge in [0, 0.05) is 23.1 Å². The summed E-state index contributed by atoms with van der Waals surface area (Å²) >= 11 is 0. The average Bonchev–Trinajstić information content (AvgIpc) is 3.90. The maximum absolute atomic E-state index is 13.7. The number of carboxylic acids is 1. The molecule has 3 aliphatic rings. The molecule has 0 saturated heterocycles. The fourth-order valence-electron chi connectivity index (χ4n) is 5.36. The van der Waals surface area contributed by atoms with Crippen molar-refractivity contribution >= 4 is 12.0 Å². The van der Waals surface area contributed by atoms with Gasteiger partial charge in [-0.3, -0.25) is 0 Å². The van der Waals surface area contributed by atoms with E-state index in [2.05, 4.69) is 16.2 Å². The number of alkyl halides is 3. The molecule has 3 aromatic rings. The number of rotatable bonds is 10. The van der Waals surface area contributed by atoms with Gasteiger partial charge in [-0.05, 0) is 69.3 Å². The lowest BCUT2D eigenvalue weighted by molar-refractivity contribution is -0.137. The first-order valence-corrected chi connectivity index (χ1v) is 14.1. The molecule has 0 unspecified atom stereocenters. The van der Waals surface area contributed by atoms with Crippen LogP contribution < -0.4 is 9.47 Å². The number of ether oxygens (including phenoxy) is 2. The number of hydrogen-bond acceptors (Lipinski definition) is 6. The molecule has 3 aliphatic carbocycles. The fraction of sp³-hybridized carbons (Fsp3) is 0.452. The van der Waals surface area contributed by atoms with E-state index >= 15 is 0 Å². The van der Waals surface area contributed by atoms with Gasteiger partial charge >= 0.3 is 12.1 Å². The second-order valence-corrected chi connectivity index (χ2v) is 11.2. The third-order valence-electron chi connectivity index (χ3n) is 7.95. The summed E-state index contributed by atoms with van der Waals surface area (Å²) in [5.41, 5.74) is 0.0960. The summed E-state index contributed by atoms with van der Waals surface area (Å²) in [5.74, 6) is 1.08. The molecule has 3 saturated carbocycles. The number of nitrogens with zero attached hydrogens (tertiary/aromatic N) is 2. The third-order valence-corrected chi connectivity index (χ3v) is 7.95. The summed E-state index contributed by atoms with van der Waals surface area (Å²) in [5, 5.41) is 13.5. The molecule has 7 nitrogen and oxygen atoms in total. The molecule has 10 heteroatoms. The number of benzene rings is 1. The van der Waals surface area contributed by atoms with E-state index in [0.29, 0.717) is 29.6 Å². The van der Waals surface area contributed by atoms with Gasteiger partial charge in [0.15, 0.2) is 11.4 Å². The Balaban J connectivity index is 1.09. The minimum atomic E-state index is -4.49. The van der Waals surface area contributed by atoms with Crippen LogP contribution in [0.25, 0.3) is 17.3 Å². The van der Waals surface area contributed by atoms with Gasteiger partial charge in [0.2, 0.25) is 0 Å². The molecule has 0 radical (unpaired) electrons. The number of aromatic nitrogens is 2. The van der Waals surface area contributed by atoms with Crippen molar-refractivity contribution in [1.82, 2.24) is 10.1 Å². The van der Waals surface area contributed by atoms with E-state index in [1.165, 1.54) is 18.3 Å². The topological polar surface area (TPSA) is 94.7 Å². The Morgan fingerprint density at radius 3 is 2.51 bits per heavy atom. The molecular weight excluding hydrogens is 537 g/mol. The smallest absolute Gasteiger partial charge is 0.417 e. The zero-order valence-corrected chi connectivity index (χ0v) is 22.4. The fourth-order valence-corrected chi connectivity index (χ4v) is 5.36. The molecule has 41 heavy (non-hydrogen) atoms. The van der Waals surface area contributed by atoms with Crippen LogP contribution in [0, 0.1) is 11.8 Å². The van der Waals surface area contributed by atoms with Crippen LogP contribution in [-0.4, -0.2) is 33.9 Å². The minimum absolute atomic E-state index is 0.0349. The highest BCUT2D eigenvalue weighted by Crippen LogP contribution is 2.46. The number of carbonyl (C=O) groups is 1. The Morgan fingerprint density at radius 1 is 1.07 bits per heavy atom. The van der Waals surface area contributed by atoms with Crippen LogP contribution in [-0.2, 0) is 6.18 Å². The Bertz CT molecular complexity index is 1430. The number of aromatic carboxylic acids is 1. The molecule has 2 heterocycles. The van der Waals surface area contributed by atoms with E-state index in [0.717, 1.165) is 57.4 Å². The van der Waals surface area contributed by atoms with E-state index in [-0.39, 0.29) is 40.6 Å². The largest absolute Gasteiger partial charge is 0.492 e. The van der Waals surface area contributed by atoms with Crippen molar-refractivity contribution in [2.24, 2.45) is 11.8 Å². The molecule has 3 fully saturated rings. The zero-order chi connectivity index (χ0) is 28.6. The van der Waals surface area contributed by atoms with Crippen molar-refractivity contribution in [2.45, 2.75) is 69.6 Å². The summed E-state index contributed by atoms with van der Waals surface area (Å²) in [6, 6.07) is 7.10. The second-order valence-electron chi connectivity index (χ2n) is 11.2. The summed E-state index contributed by atoms with van der Waals surface area (Å²) in [7, 11) is 0. The number of hydrogen-bond donors (Lipinski definition) is 1. The van der Waals surface area contributed by atoms with Crippen LogP contribution in [0.1, 0.15) is 84.7 Å². The van der Waals surface area contributed by atoms with Gasteiger partial charge in [-0.15, -0.1) is 0 Å². The highest BCUT2D eigenvalue weighted by molar-refractivity contribution is 5.88. The Kier molecular flexibility index (Phi) is 7.48. The summed E-state index contributed by atoms with van der Waals surface area (Å²) in [4.78, 5) is 15.5. The maximum atomic E-state index is 13.7. The van der Waals surface area contributed by atoms with Crippen LogP contribution in [0.15, 0.2) is 47.1 Å². The molecule has 6 rings (SSSR count). The quantitative estimate of drug-likeness (QED) is 0.267. The van der Waals surface area contributed by atoms with Crippen molar-refractivity contribution in [3.8, 4) is 22.8 Å². The standard InChI is InChI=1S/C31H31F3N2O5/c32-31(33,34)25-4-2-1-3-23(25)27-24(29(41-36-27)20-10-11-20)14-9-18-5-7-19(8-6-18)17-39-22-15-26(40-21-12-13-21)28(30(37)38)35-16-22/h1-4,9,14-16,18-21H,5-8,10-13,17H2,(H,37,38)/b14-9+. The van der Waals surface area contributed by atoms with Gasteiger partial charge in [-0.25, -0.2) is 9.78 Å². The number of carboxylic acid groups (broad SMARTS) is 1. The van der Waals surface area contributed by atoms with E-state index in [9.17, 15) is 23.1 Å². The predicted molar refractivity (Wildman–Crippen MR) is 144 cm³/mol. The molecule has 0 bridgehead atoms. The highest BCUT2D eigenvalue weighted by atomic mass is 19.4. The Morgan fingerprint density at radius 2 is 1.83 bits per heavy atom. The van der Waals surface area contributed by atoms with Crippen molar-refractivity contribution in [2.75, 3.05) is 6.61 Å². The average molecular weight is 569 g/mol. The molecular formula is C31H31F3N2O5. The van der Waals surface area contributed by atoms with Gasteiger partial charge in [-0.1, -0.05) is 35.5 Å². The number of halogens is 3. The predicted octanol–water partition coefficient (Wildman–Crippen LogP) is 7.77. The lowest BCUT2D eigenvalue weighted by Gasteiger charge is -2.26. The number of allylic oxidation sites excluding steroid dienone is 1. The van der Waals surface area contributed by atoms with Crippen molar-refractivity contribution in [3.05, 3.63) is 65.2 Å². The zero-order valence-electron chi connectivity index (χ0n) is 22.4. The molecule has 1 aromatic carbocycles. The van der Waals surface area contributed by atoms with Crippen molar-refractivity contribution in [3.63, 3.8) is 0 Å². The molecule has 1 N–H and O–H groups in total. The first-order chi connectivity index (χ1) is 19.8. The van der Waals surface area contributed by atoms with Crippen molar-refractivity contribution in [1.29, 1.82) is 0 Å². The number of pyridine rings is 1. The van der Waals surface area contributed by atoms with Crippen LogP contribution >= 0.6 is 0 Å². The third kappa shape index (κ3) is 6.41. The van der Waals surface area contributed by atoms with Crippen LogP contribution in [0.2, 0.25) is 0 Å². The normalized spacial score (nSPS) is 21.2. The molecule has 0 atom stereocenters. The van der Waals surface area contributed by atoms with Gasteiger partial charge in [0.05, 0.1) is 24.5 Å². The Hall–Kier alpha value is -3.82. The van der Waals surface area contributed by atoms with Crippen LogP contribution in [0.3, 0.4) is 0 Å². The lowest BCUT2D eigenvalue weighted by atomic mass is 9.82. The Labute approximate surface area is 235 Å². The second kappa shape index (κ2) is 11.2. The molecule has 2 aromatic heterocycles. The summed E-state index contributed by atoms with van der Waals surface area (Å²) in [6.07, 6.45) is 8.40. The van der Waals surface area contributed by atoms with Gasteiger partial charge in [0.25, 0.3) is 0 Å². The van der Waals surface area contributed by atoms with Gasteiger partial charge in [-0.2, -0.15) is 13.2 Å². The highest BCUT2D eigenvalue weighted by Gasteiger charge is 2.37. The lowest BCUT2D eigenvalue weighted by Crippen LogP contribution is -2.19. The molecule has 216 valence electrons. The van der Waals surface area contributed by atoms with Crippen molar-refractivity contribution < 1.29 is 37.1 Å². The van der Waals surface area contributed by atoms with Gasteiger partial charge in [0.1, 0.15) is 17.2 Å². The SMILES string of the molecule is O=C(O)c1ncc(OCC2CCC(/C=C/c3c(-c4ccccc4C(F)(F)F)noc3C3CC3)CC2)cc1OC1CC1. The van der Waals surface area contributed by atoms with E-state index in [1.54, 1.807) is 12.1 Å². The first-order valence-electron chi connectivity index (χ1n) is 14.1. The van der Waals surface area contributed by atoms with E-state index in [1.807, 2.05) is 6.08 Å².